The zero-order chi connectivity index (χ0) is 19.5. The molecule has 1 amide bonds. The predicted molar refractivity (Wildman–Crippen MR) is 100 cm³/mol. The number of nitrogens with zero attached hydrogens (tertiary/aromatic N) is 1. The smallest absolute Gasteiger partial charge is 0.303 e. The molecule has 7 heteroatoms. The third-order valence-corrected chi connectivity index (χ3v) is 3.43. The van der Waals surface area contributed by atoms with Gasteiger partial charge in [-0.15, -0.1) is 0 Å². The Balaban J connectivity index is 1.88. The predicted octanol–water partition coefficient (Wildman–Crippen LogP) is 3.28. The highest BCUT2D eigenvalue weighted by Crippen LogP contribution is 2.22. The summed E-state index contributed by atoms with van der Waals surface area (Å²) in [5, 5.41) is 23.0. The number of nitrogens with one attached hydrogen (secondary N) is 2. The Hall–Kier alpha value is -3.79. The molecule has 0 unspecified atom stereocenters. The van der Waals surface area contributed by atoms with Crippen LogP contribution < -0.4 is 15.4 Å². The van der Waals surface area contributed by atoms with Gasteiger partial charge in [0.1, 0.15) is 23.1 Å². The van der Waals surface area contributed by atoms with Crippen LogP contribution in [0.5, 0.6) is 11.5 Å². The standard InChI is InChI=1S/C20H19N3O4/c21-13-15(20(26)22-12-4-7-19(24)25)14-23-16-8-10-18(11-9-16)27-17-5-2-1-3-6-17/h1-3,5-6,8-11,14,23H,4,7,12H2,(H,22,26)(H,24,25)/b15-14-. The van der Waals surface area contributed by atoms with Crippen molar-refractivity contribution in [1.82, 2.24) is 5.32 Å². The van der Waals surface area contributed by atoms with E-state index in [4.69, 9.17) is 15.1 Å². The lowest BCUT2D eigenvalue weighted by atomic mass is 10.2. The number of anilines is 1. The van der Waals surface area contributed by atoms with Crippen LogP contribution in [-0.4, -0.2) is 23.5 Å². The number of para-hydroxylation sites is 1. The number of hydrogen-bond donors (Lipinski definition) is 3. The van der Waals surface area contributed by atoms with E-state index in [-0.39, 0.29) is 18.5 Å². The molecular formula is C20H19N3O4. The Labute approximate surface area is 156 Å². The van der Waals surface area contributed by atoms with E-state index in [2.05, 4.69) is 10.6 Å². The van der Waals surface area contributed by atoms with Crippen LogP contribution >= 0.6 is 0 Å². The van der Waals surface area contributed by atoms with Gasteiger partial charge in [-0.2, -0.15) is 5.26 Å². The fourth-order valence-electron chi connectivity index (χ4n) is 2.08. The minimum Gasteiger partial charge on any atom is -0.481 e. The molecule has 0 aliphatic rings. The number of carbonyl (C=O) groups excluding carboxylic acids is 1. The maximum absolute atomic E-state index is 11.9. The second-order valence-electron chi connectivity index (χ2n) is 5.51. The van der Waals surface area contributed by atoms with Crippen LogP contribution in [0.3, 0.4) is 0 Å². The monoisotopic (exact) mass is 365 g/mol. The number of amides is 1. The van der Waals surface area contributed by atoms with Crippen molar-refractivity contribution in [3.05, 3.63) is 66.4 Å². The summed E-state index contributed by atoms with van der Waals surface area (Å²) in [6.07, 6.45) is 1.57. The van der Waals surface area contributed by atoms with E-state index in [1.807, 2.05) is 36.4 Å². The third kappa shape index (κ3) is 6.92. The van der Waals surface area contributed by atoms with Crippen LogP contribution in [0, 0.1) is 11.3 Å². The van der Waals surface area contributed by atoms with E-state index >= 15 is 0 Å². The van der Waals surface area contributed by atoms with Crippen molar-refractivity contribution in [2.24, 2.45) is 0 Å². The summed E-state index contributed by atoms with van der Waals surface area (Å²) in [5.74, 6) is -0.0991. The molecular weight excluding hydrogens is 346 g/mol. The van der Waals surface area contributed by atoms with Crippen molar-refractivity contribution >= 4 is 17.6 Å². The minimum atomic E-state index is -0.929. The molecule has 7 nitrogen and oxygen atoms in total. The first-order valence-corrected chi connectivity index (χ1v) is 8.28. The Morgan fingerprint density at radius 2 is 1.74 bits per heavy atom. The van der Waals surface area contributed by atoms with E-state index in [9.17, 15) is 9.59 Å². The number of carboxylic acids is 1. The first-order valence-electron chi connectivity index (χ1n) is 8.28. The maximum atomic E-state index is 11.9. The zero-order valence-corrected chi connectivity index (χ0v) is 14.5. The van der Waals surface area contributed by atoms with Gasteiger partial charge in [-0.25, -0.2) is 0 Å². The van der Waals surface area contributed by atoms with Crippen molar-refractivity contribution in [1.29, 1.82) is 5.26 Å². The van der Waals surface area contributed by atoms with Crippen LogP contribution in [0.15, 0.2) is 66.4 Å². The summed E-state index contributed by atoms with van der Waals surface area (Å²) in [7, 11) is 0. The molecule has 0 aromatic heterocycles. The number of ether oxygens (including phenoxy) is 1. The molecule has 0 fully saturated rings. The zero-order valence-electron chi connectivity index (χ0n) is 14.5. The lowest BCUT2D eigenvalue weighted by Gasteiger charge is -2.07. The average molecular weight is 365 g/mol. The molecule has 2 aromatic carbocycles. The molecule has 0 aliphatic carbocycles. The van der Waals surface area contributed by atoms with Gasteiger partial charge in [0.15, 0.2) is 0 Å². The average Bonchev–Trinajstić information content (AvgIpc) is 2.67. The highest BCUT2D eigenvalue weighted by molar-refractivity contribution is 5.97. The van der Waals surface area contributed by atoms with Crippen LogP contribution in [0.1, 0.15) is 12.8 Å². The lowest BCUT2D eigenvalue weighted by Crippen LogP contribution is -2.26. The summed E-state index contributed by atoms with van der Waals surface area (Å²) >= 11 is 0. The molecule has 2 rings (SSSR count). The minimum absolute atomic E-state index is 0.0401. The SMILES string of the molecule is N#C/C(=C/Nc1ccc(Oc2ccccc2)cc1)C(=O)NCCCC(=O)O. The number of nitriles is 1. The largest absolute Gasteiger partial charge is 0.481 e. The molecule has 0 spiro atoms. The number of benzene rings is 2. The topological polar surface area (TPSA) is 111 Å². The fourth-order valence-corrected chi connectivity index (χ4v) is 2.08. The number of carbonyl (C=O) groups is 2. The Kier molecular flexibility index (Phi) is 7.42. The van der Waals surface area contributed by atoms with Crippen molar-refractivity contribution in [2.75, 3.05) is 11.9 Å². The van der Waals surface area contributed by atoms with Crippen LogP contribution in [-0.2, 0) is 9.59 Å². The van der Waals surface area contributed by atoms with Gasteiger partial charge < -0.3 is 20.5 Å². The summed E-state index contributed by atoms with van der Waals surface area (Å²) in [5.41, 5.74) is 0.580. The van der Waals surface area contributed by atoms with Crippen molar-refractivity contribution in [2.45, 2.75) is 12.8 Å². The van der Waals surface area contributed by atoms with Gasteiger partial charge in [0, 0.05) is 24.9 Å². The normalized spacial score (nSPS) is 10.6. The van der Waals surface area contributed by atoms with E-state index in [0.717, 1.165) is 5.75 Å². The second-order valence-corrected chi connectivity index (χ2v) is 5.51. The number of aliphatic carboxylic acids is 1. The summed E-state index contributed by atoms with van der Waals surface area (Å²) in [4.78, 5) is 22.3. The molecule has 0 aliphatic heterocycles. The van der Waals surface area contributed by atoms with E-state index in [1.165, 1.54) is 6.20 Å². The van der Waals surface area contributed by atoms with E-state index < -0.39 is 11.9 Å². The summed E-state index contributed by atoms with van der Waals surface area (Å²) in [6.45, 7) is 0.190. The van der Waals surface area contributed by atoms with Crippen molar-refractivity contribution in [3.8, 4) is 17.6 Å². The summed E-state index contributed by atoms with van der Waals surface area (Å²) < 4.78 is 5.69. The molecule has 2 aromatic rings. The molecule has 0 saturated heterocycles. The van der Waals surface area contributed by atoms with E-state index in [0.29, 0.717) is 17.9 Å². The molecule has 0 radical (unpaired) electrons. The van der Waals surface area contributed by atoms with Crippen LogP contribution in [0.4, 0.5) is 5.69 Å². The first-order chi connectivity index (χ1) is 13.1. The third-order valence-electron chi connectivity index (χ3n) is 3.43. The number of rotatable bonds is 9. The molecule has 0 heterocycles. The van der Waals surface area contributed by atoms with Gasteiger partial charge in [0.2, 0.25) is 0 Å². The molecule has 27 heavy (non-hydrogen) atoms. The Bertz CT molecular complexity index is 840. The van der Waals surface area contributed by atoms with Gasteiger partial charge in [-0.1, -0.05) is 18.2 Å². The second kappa shape index (κ2) is 10.3. The molecule has 138 valence electrons. The number of carboxylic acid groups (broad SMARTS) is 1. The highest BCUT2D eigenvalue weighted by atomic mass is 16.5. The molecule has 0 atom stereocenters. The fraction of sp³-hybridized carbons (Fsp3) is 0.150. The van der Waals surface area contributed by atoms with Gasteiger partial charge in [-0.3, -0.25) is 9.59 Å². The van der Waals surface area contributed by atoms with Gasteiger partial charge in [0.25, 0.3) is 5.91 Å². The molecule has 0 bridgehead atoms. The van der Waals surface area contributed by atoms with Crippen molar-refractivity contribution in [3.63, 3.8) is 0 Å². The maximum Gasteiger partial charge on any atom is 0.303 e. The Morgan fingerprint density at radius 3 is 2.37 bits per heavy atom. The van der Waals surface area contributed by atoms with Crippen LogP contribution in [0.25, 0.3) is 0 Å². The van der Waals surface area contributed by atoms with Crippen LogP contribution in [0.2, 0.25) is 0 Å². The molecule has 3 N–H and O–H groups in total. The van der Waals surface area contributed by atoms with Gasteiger partial charge in [-0.05, 0) is 42.8 Å². The lowest BCUT2D eigenvalue weighted by molar-refractivity contribution is -0.137. The van der Waals surface area contributed by atoms with Gasteiger partial charge in [0.05, 0.1) is 0 Å². The number of hydrogen-bond acceptors (Lipinski definition) is 5. The summed E-state index contributed by atoms with van der Waals surface area (Å²) in [6, 6.07) is 18.2. The highest BCUT2D eigenvalue weighted by Gasteiger charge is 2.08. The molecule has 0 saturated carbocycles. The van der Waals surface area contributed by atoms with E-state index in [1.54, 1.807) is 24.3 Å². The quantitative estimate of drug-likeness (QED) is 0.357. The Morgan fingerprint density at radius 1 is 1.07 bits per heavy atom. The van der Waals surface area contributed by atoms with Gasteiger partial charge >= 0.3 is 5.97 Å². The first kappa shape index (κ1) is 19.5. The van der Waals surface area contributed by atoms with Crippen molar-refractivity contribution < 1.29 is 19.4 Å².